The lowest BCUT2D eigenvalue weighted by molar-refractivity contribution is -0.234. The number of carboxylic acids is 1. The number of aliphatic hydroxyl groups excluding tert-OH is 1. The predicted octanol–water partition coefficient (Wildman–Crippen LogP) is 9.98. The fourth-order valence-corrected chi connectivity index (χ4v) is 14.2. The second-order valence-electron chi connectivity index (χ2n) is 19.6. The molecule has 0 radical (unpaired) electrons. The zero-order valence-corrected chi connectivity index (χ0v) is 29.8. The molecule has 0 aliphatic heterocycles. The Bertz CT molecular complexity index is 1180. The van der Waals surface area contributed by atoms with E-state index in [1.807, 2.05) is 0 Å². The van der Waals surface area contributed by atoms with Crippen molar-refractivity contribution in [1.29, 1.82) is 0 Å². The van der Waals surface area contributed by atoms with Crippen LogP contribution in [-0.4, -0.2) is 35.0 Å². The standard InChI is InChI=1S/C41H66O4/c1-36(2)21-23-41(35(43)44)24-22-39(5)30(31(41)25-36)15-16-33-37(3)19-18-34(38(4,26-42)32(37)17-20-40(33,39)6)45-29-13-11-28(12-14-29)27-9-7-8-10-27/h15,27-29,31-34,42H,7-14,16-26H2,1-6H3,(H,43,44)/t28?,29?,31-,32+,33+,34-,37-,38-,39+,40+,41-/m0/s1. The molecule has 0 bridgehead atoms. The number of allylic oxidation sites excluding steroid dienone is 2. The molecule has 0 aromatic carbocycles. The van der Waals surface area contributed by atoms with Crippen LogP contribution >= 0.6 is 0 Å². The molecule has 2 N–H and O–H groups in total. The number of carboxylic acid groups (broad SMARTS) is 1. The van der Waals surface area contributed by atoms with Crippen LogP contribution in [0.25, 0.3) is 0 Å². The molecule has 9 atom stereocenters. The van der Waals surface area contributed by atoms with E-state index in [1.165, 1.54) is 69.8 Å². The van der Waals surface area contributed by atoms with Crippen molar-refractivity contribution in [2.45, 2.75) is 169 Å². The van der Waals surface area contributed by atoms with Gasteiger partial charge < -0.3 is 14.9 Å². The topological polar surface area (TPSA) is 66.8 Å². The van der Waals surface area contributed by atoms with Gasteiger partial charge in [-0.1, -0.05) is 78.9 Å². The molecule has 0 amide bonds. The average molecular weight is 623 g/mol. The van der Waals surface area contributed by atoms with Gasteiger partial charge in [-0.25, -0.2) is 0 Å². The van der Waals surface area contributed by atoms with Gasteiger partial charge in [-0.2, -0.15) is 0 Å². The van der Waals surface area contributed by atoms with E-state index >= 15 is 0 Å². The van der Waals surface area contributed by atoms with Gasteiger partial charge in [0.15, 0.2) is 0 Å². The minimum absolute atomic E-state index is 0.0435. The number of aliphatic carboxylic acids is 1. The second kappa shape index (κ2) is 11.1. The van der Waals surface area contributed by atoms with E-state index < -0.39 is 11.4 Å². The summed E-state index contributed by atoms with van der Waals surface area (Å²) < 4.78 is 7.10. The van der Waals surface area contributed by atoms with Crippen LogP contribution in [0.1, 0.15) is 157 Å². The summed E-state index contributed by atoms with van der Waals surface area (Å²) in [6.07, 6.45) is 24.3. The van der Waals surface area contributed by atoms with Crippen molar-refractivity contribution in [3.63, 3.8) is 0 Å². The van der Waals surface area contributed by atoms with Crippen LogP contribution in [0.2, 0.25) is 0 Å². The minimum Gasteiger partial charge on any atom is -0.481 e. The van der Waals surface area contributed by atoms with Crippen LogP contribution in [-0.2, 0) is 9.53 Å². The largest absolute Gasteiger partial charge is 0.481 e. The monoisotopic (exact) mass is 622 g/mol. The molecule has 0 spiro atoms. The van der Waals surface area contributed by atoms with Gasteiger partial charge in [-0.05, 0) is 141 Å². The molecule has 6 fully saturated rings. The van der Waals surface area contributed by atoms with Gasteiger partial charge in [0.1, 0.15) is 0 Å². The van der Waals surface area contributed by atoms with Crippen molar-refractivity contribution in [3.8, 4) is 0 Å². The molecular formula is C41H66O4. The molecule has 0 heterocycles. The van der Waals surface area contributed by atoms with Gasteiger partial charge in [0.05, 0.1) is 24.2 Å². The van der Waals surface area contributed by atoms with E-state index in [0.717, 1.165) is 63.2 Å². The molecule has 0 aromatic rings. The van der Waals surface area contributed by atoms with Crippen LogP contribution in [0.3, 0.4) is 0 Å². The third-order valence-corrected chi connectivity index (χ3v) is 17.3. The van der Waals surface area contributed by atoms with Gasteiger partial charge in [0.25, 0.3) is 0 Å². The Kier molecular flexibility index (Phi) is 8.04. The van der Waals surface area contributed by atoms with Crippen LogP contribution in [0.15, 0.2) is 11.6 Å². The van der Waals surface area contributed by atoms with Crippen LogP contribution in [0.4, 0.5) is 0 Å². The first-order chi connectivity index (χ1) is 21.2. The summed E-state index contributed by atoms with van der Waals surface area (Å²) in [5.41, 5.74) is 1.27. The molecule has 0 unspecified atom stereocenters. The van der Waals surface area contributed by atoms with Crippen molar-refractivity contribution >= 4 is 5.97 Å². The maximum absolute atomic E-state index is 13.0. The number of fused-ring (bicyclic) bond motifs is 7. The maximum atomic E-state index is 13.0. The normalized spacial score (nSPS) is 51.3. The highest BCUT2D eigenvalue weighted by molar-refractivity contribution is 5.76. The number of rotatable bonds is 5. The molecule has 254 valence electrons. The molecule has 0 saturated heterocycles. The molecule has 0 aromatic heterocycles. The quantitative estimate of drug-likeness (QED) is 0.300. The van der Waals surface area contributed by atoms with Gasteiger partial charge >= 0.3 is 5.97 Å². The third-order valence-electron chi connectivity index (χ3n) is 17.3. The summed E-state index contributed by atoms with van der Waals surface area (Å²) in [6.45, 7) is 15.1. The Hall–Kier alpha value is -0.870. The Morgan fingerprint density at radius 3 is 2.13 bits per heavy atom. The van der Waals surface area contributed by atoms with E-state index in [2.05, 4.69) is 47.6 Å². The van der Waals surface area contributed by atoms with Crippen LogP contribution < -0.4 is 0 Å². The number of carbonyl (C=O) groups is 1. The molecule has 45 heavy (non-hydrogen) atoms. The van der Waals surface area contributed by atoms with E-state index in [0.29, 0.717) is 17.9 Å². The van der Waals surface area contributed by atoms with Crippen LogP contribution in [0.5, 0.6) is 0 Å². The minimum atomic E-state index is -0.577. The fourth-order valence-electron chi connectivity index (χ4n) is 14.2. The molecule has 7 aliphatic carbocycles. The number of hydrogen-bond acceptors (Lipinski definition) is 3. The Morgan fingerprint density at radius 2 is 1.47 bits per heavy atom. The highest BCUT2D eigenvalue weighted by Gasteiger charge is 2.70. The third kappa shape index (κ3) is 4.74. The predicted molar refractivity (Wildman–Crippen MR) is 181 cm³/mol. The summed E-state index contributed by atoms with van der Waals surface area (Å²) in [5.74, 6) is 2.53. The van der Waals surface area contributed by atoms with E-state index in [4.69, 9.17) is 4.74 Å². The second-order valence-corrected chi connectivity index (χ2v) is 19.6. The molecular weight excluding hydrogens is 556 g/mol. The fraction of sp³-hybridized carbons (Fsp3) is 0.927. The summed E-state index contributed by atoms with van der Waals surface area (Å²) in [7, 11) is 0. The van der Waals surface area contributed by atoms with Crippen molar-refractivity contribution in [1.82, 2.24) is 0 Å². The Balaban J connectivity index is 1.13. The first-order valence-corrected chi connectivity index (χ1v) is 19.4. The molecule has 6 saturated carbocycles. The van der Waals surface area contributed by atoms with Gasteiger partial charge in [-0.3, -0.25) is 4.79 Å². The zero-order valence-electron chi connectivity index (χ0n) is 29.8. The smallest absolute Gasteiger partial charge is 0.310 e. The van der Waals surface area contributed by atoms with Crippen molar-refractivity contribution in [2.24, 2.45) is 62.1 Å². The average Bonchev–Trinajstić information content (AvgIpc) is 3.54. The Morgan fingerprint density at radius 1 is 0.800 bits per heavy atom. The van der Waals surface area contributed by atoms with Crippen molar-refractivity contribution in [3.05, 3.63) is 11.6 Å². The van der Waals surface area contributed by atoms with Gasteiger partial charge in [0.2, 0.25) is 0 Å². The maximum Gasteiger partial charge on any atom is 0.310 e. The van der Waals surface area contributed by atoms with Crippen LogP contribution in [0, 0.1) is 62.1 Å². The van der Waals surface area contributed by atoms with Crippen molar-refractivity contribution < 1.29 is 19.7 Å². The molecule has 7 rings (SSSR count). The van der Waals surface area contributed by atoms with E-state index in [1.54, 1.807) is 0 Å². The summed E-state index contributed by atoms with van der Waals surface area (Å²) >= 11 is 0. The van der Waals surface area contributed by atoms with Crippen molar-refractivity contribution in [2.75, 3.05) is 6.61 Å². The van der Waals surface area contributed by atoms with E-state index in [-0.39, 0.29) is 45.7 Å². The van der Waals surface area contributed by atoms with Gasteiger partial charge in [-0.15, -0.1) is 0 Å². The molecule has 4 nitrogen and oxygen atoms in total. The highest BCUT2D eigenvalue weighted by atomic mass is 16.5. The first kappa shape index (κ1) is 32.7. The SMILES string of the molecule is CC1(C)CC[C@]2(C(=O)O)CC[C@]3(C)C(=CC[C@@H]4[C@@]5(C)CC[C@H](OC6CCC(C7CCCC7)CC6)[C@@](C)(CO)[C@@H]5CC[C@]43C)[C@@H]2C1. The Labute approximate surface area is 274 Å². The highest BCUT2D eigenvalue weighted by Crippen LogP contribution is 2.76. The van der Waals surface area contributed by atoms with Gasteiger partial charge in [0, 0.05) is 5.41 Å². The summed E-state index contributed by atoms with van der Waals surface area (Å²) in [5, 5.41) is 21.9. The zero-order chi connectivity index (χ0) is 32.0. The lowest BCUT2D eigenvalue weighted by Gasteiger charge is -2.71. The van der Waals surface area contributed by atoms with E-state index in [9.17, 15) is 15.0 Å². The summed E-state index contributed by atoms with van der Waals surface area (Å²) in [4.78, 5) is 13.0. The molecule has 4 heteroatoms. The summed E-state index contributed by atoms with van der Waals surface area (Å²) in [6, 6.07) is 0. The lowest BCUT2D eigenvalue weighted by Crippen LogP contribution is -2.66. The number of aliphatic hydroxyl groups is 1. The number of ether oxygens (including phenoxy) is 1. The number of hydrogen-bond donors (Lipinski definition) is 2. The molecule has 7 aliphatic rings. The first-order valence-electron chi connectivity index (χ1n) is 19.4. The lowest BCUT2D eigenvalue weighted by atomic mass is 9.33.